The summed E-state index contributed by atoms with van der Waals surface area (Å²) in [5.41, 5.74) is 1.86. The number of halogens is 1. The molecular weight excluding hydrogens is 198 g/mol. The van der Waals surface area contributed by atoms with Gasteiger partial charge in [0.1, 0.15) is 5.65 Å². The van der Waals surface area contributed by atoms with Crippen molar-refractivity contribution in [2.45, 2.75) is 13.0 Å². The molecule has 1 atom stereocenters. The molecule has 0 aliphatic rings. The van der Waals surface area contributed by atoms with Crippen molar-refractivity contribution >= 4 is 22.6 Å². The fourth-order valence-corrected chi connectivity index (χ4v) is 1.81. The van der Waals surface area contributed by atoms with Crippen LogP contribution in [0.15, 0.2) is 18.5 Å². The average molecular weight is 210 g/mol. The Bertz CT molecular complexity index is 450. The molecule has 2 heterocycles. The Hall–Kier alpha value is -1.06. The van der Waals surface area contributed by atoms with Crippen molar-refractivity contribution in [2.24, 2.45) is 0 Å². The minimum absolute atomic E-state index is 0.217. The van der Waals surface area contributed by atoms with Crippen LogP contribution >= 0.6 is 11.6 Å². The number of nitrogens with zero attached hydrogens (tertiary/aromatic N) is 1. The molecule has 2 aromatic heterocycles. The Morgan fingerprint density at radius 3 is 3.07 bits per heavy atom. The topological polar surface area (TPSA) is 40.7 Å². The molecule has 2 rings (SSSR count). The monoisotopic (exact) mass is 209 g/mol. The van der Waals surface area contributed by atoms with E-state index >= 15 is 0 Å². The van der Waals surface area contributed by atoms with E-state index in [9.17, 15) is 0 Å². The van der Waals surface area contributed by atoms with E-state index in [0.717, 1.165) is 21.6 Å². The third-order valence-corrected chi connectivity index (χ3v) is 2.87. The Morgan fingerprint density at radius 2 is 2.36 bits per heavy atom. The van der Waals surface area contributed by atoms with E-state index < -0.39 is 0 Å². The van der Waals surface area contributed by atoms with Crippen LogP contribution in [-0.2, 0) is 0 Å². The first-order valence-corrected chi connectivity index (χ1v) is 4.90. The van der Waals surface area contributed by atoms with Gasteiger partial charge in [0.05, 0.1) is 5.02 Å². The Kier molecular flexibility index (Phi) is 2.44. The molecule has 14 heavy (non-hydrogen) atoms. The fraction of sp³-hybridized carbons (Fsp3) is 0.300. The molecule has 4 heteroatoms. The number of hydrogen-bond donors (Lipinski definition) is 2. The standard InChI is InChI=1S/C10H12ClN3/c1-6(12-2)8-5-14-10-7(9(8)11)3-4-13-10/h3-6,12H,1-2H3,(H,13,14)/t6-/m0/s1. The molecule has 0 unspecified atom stereocenters. The lowest BCUT2D eigenvalue weighted by atomic mass is 10.1. The van der Waals surface area contributed by atoms with Crippen LogP contribution in [0.5, 0.6) is 0 Å². The minimum Gasteiger partial charge on any atom is -0.346 e. The molecule has 2 aromatic rings. The van der Waals surface area contributed by atoms with E-state index in [0.29, 0.717) is 0 Å². The van der Waals surface area contributed by atoms with Gasteiger partial charge >= 0.3 is 0 Å². The van der Waals surface area contributed by atoms with Gasteiger partial charge in [0.15, 0.2) is 0 Å². The molecule has 0 aromatic carbocycles. The number of rotatable bonds is 2. The van der Waals surface area contributed by atoms with Crippen LogP contribution in [-0.4, -0.2) is 17.0 Å². The number of nitrogens with one attached hydrogen (secondary N) is 2. The Balaban J connectivity index is 2.61. The summed E-state index contributed by atoms with van der Waals surface area (Å²) in [7, 11) is 1.91. The van der Waals surface area contributed by atoms with Crippen LogP contribution in [0.1, 0.15) is 18.5 Å². The highest BCUT2D eigenvalue weighted by Crippen LogP contribution is 2.28. The third-order valence-electron chi connectivity index (χ3n) is 2.45. The van der Waals surface area contributed by atoms with E-state index in [1.165, 1.54) is 0 Å². The van der Waals surface area contributed by atoms with Gasteiger partial charge in [-0.1, -0.05) is 11.6 Å². The molecule has 2 N–H and O–H groups in total. The quantitative estimate of drug-likeness (QED) is 0.798. The van der Waals surface area contributed by atoms with Crippen molar-refractivity contribution in [3.63, 3.8) is 0 Å². The van der Waals surface area contributed by atoms with Gasteiger partial charge in [-0.15, -0.1) is 0 Å². The third kappa shape index (κ3) is 1.38. The number of aromatic amines is 1. The molecule has 0 saturated heterocycles. The maximum absolute atomic E-state index is 6.26. The van der Waals surface area contributed by atoms with Crippen molar-refractivity contribution in [1.82, 2.24) is 15.3 Å². The van der Waals surface area contributed by atoms with E-state index in [1.54, 1.807) is 0 Å². The summed E-state index contributed by atoms with van der Waals surface area (Å²) >= 11 is 6.26. The first kappa shape index (κ1) is 9.49. The molecule has 0 spiro atoms. The highest BCUT2D eigenvalue weighted by molar-refractivity contribution is 6.36. The maximum atomic E-state index is 6.26. The number of aromatic nitrogens is 2. The summed E-state index contributed by atoms with van der Waals surface area (Å²) in [4.78, 5) is 7.32. The van der Waals surface area contributed by atoms with Crippen molar-refractivity contribution in [3.8, 4) is 0 Å². The Morgan fingerprint density at radius 1 is 1.57 bits per heavy atom. The zero-order chi connectivity index (χ0) is 10.1. The summed E-state index contributed by atoms with van der Waals surface area (Å²) in [6.07, 6.45) is 3.65. The second kappa shape index (κ2) is 3.59. The first-order chi connectivity index (χ1) is 6.74. The zero-order valence-corrected chi connectivity index (χ0v) is 8.89. The fourth-order valence-electron chi connectivity index (χ4n) is 1.45. The van der Waals surface area contributed by atoms with Gasteiger partial charge in [-0.05, 0) is 20.0 Å². The molecule has 0 amide bonds. The van der Waals surface area contributed by atoms with E-state index in [2.05, 4.69) is 22.2 Å². The van der Waals surface area contributed by atoms with Crippen LogP contribution in [0, 0.1) is 0 Å². The van der Waals surface area contributed by atoms with Gasteiger partial charge in [-0.25, -0.2) is 4.98 Å². The average Bonchev–Trinajstić information content (AvgIpc) is 2.66. The van der Waals surface area contributed by atoms with Gasteiger partial charge in [0.25, 0.3) is 0 Å². The lowest BCUT2D eigenvalue weighted by molar-refractivity contribution is 0.651. The lowest BCUT2D eigenvalue weighted by Crippen LogP contribution is -2.13. The molecular formula is C10H12ClN3. The predicted octanol–water partition coefficient (Wildman–Crippen LogP) is 2.50. The summed E-state index contributed by atoms with van der Waals surface area (Å²) in [6.45, 7) is 2.06. The maximum Gasteiger partial charge on any atom is 0.138 e. The highest BCUT2D eigenvalue weighted by atomic mass is 35.5. The molecule has 0 aliphatic carbocycles. The largest absolute Gasteiger partial charge is 0.346 e. The van der Waals surface area contributed by atoms with Crippen LogP contribution < -0.4 is 5.32 Å². The van der Waals surface area contributed by atoms with Crippen LogP contribution in [0.3, 0.4) is 0 Å². The molecule has 0 aliphatic heterocycles. The summed E-state index contributed by atoms with van der Waals surface area (Å²) in [5.74, 6) is 0. The normalized spacial score (nSPS) is 13.4. The van der Waals surface area contributed by atoms with Gasteiger partial charge in [0.2, 0.25) is 0 Å². The number of H-pyrrole nitrogens is 1. The molecule has 0 radical (unpaired) electrons. The van der Waals surface area contributed by atoms with Crippen molar-refractivity contribution in [2.75, 3.05) is 7.05 Å². The smallest absolute Gasteiger partial charge is 0.138 e. The molecule has 74 valence electrons. The first-order valence-electron chi connectivity index (χ1n) is 4.52. The summed E-state index contributed by atoms with van der Waals surface area (Å²) < 4.78 is 0. The second-order valence-electron chi connectivity index (χ2n) is 3.28. The van der Waals surface area contributed by atoms with Crippen molar-refractivity contribution in [1.29, 1.82) is 0 Å². The van der Waals surface area contributed by atoms with Gasteiger partial charge in [0, 0.05) is 29.4 Å². The second-order valence-corrected chi connectivity index (χ2v) is 3.66. The summed E-state index contributed by atoms with van der Waals surface area (Å²) in [6, 6.07) is 2.16. The summed E-state index contributed by atoms with van der Waals surface area (Å²) in [5, 5.41) is 4.90. The van der Waals surface area contributed by atoms with Gasteiger partial charge < -0.3 is 10.3 Å². The van der Waals surface area contributed by atoms with Crippen LogP contribution in [0.25, 0.3) is 11.0 Å². The molecule has 0 bridgehead atoms. The van der Waals surface area contributed by atoms with E-state index in [1.807, 2.05) is 25.5 Å². The van der Waals surface area contributed by atoms with Gasteiger partial charge in [-0.2, -0.15) is 0 Å². The minimum atomic E-state index is 0.217. The number of hydrogen-bond acceptors (Lipinski definition) is 2. The zero-order valence-electron chi connectivity index (χ0n) is 8.13. The van der Waals surface area contributed by atoms with Crippen LogP contribution in [0.2, 0.25) is 5.02 Å². The molecule has 0 saturated carbocycles. The van der Waals surface area contributed by atoms with E-state index in [4.69, 9.17) is 11.6 Å². The van der Waals surface area contributed by atoms with Crippen molar-refractivity contribution < 1.29 is 0 Å². The SMILES string of the molecule is CN[C@@H](C)c1cnc2[nH]ccc2c1Cl. The van der Waals surface area contributed by atoms with Gasteiger partial charge in [-0.3, -0.25) is 0 Å². The van der Waals surface area contributed by atoms with E-state index in [-0.39, 0.29) is 6.04 Å². The lowest BCUT2D eigenvalue weighted by Gasteiger charge is -2.12. The Labute approximate surface area is 87.5 Å². The predicted molar refractivity (Wildman–Crippen MR) is 58.6 cm³/mol. The molecule has 3 nitrogen and oxygen atoms in total. The number of pyridine rings is 1. The van der Waals surface area contributed by atoms with Crippen molar-refractivity contribution in [3.05, 3.63) is 29.0 Å². The van der Waals surface area contributed by atoms with Crippen LogP contribution in [0.4, 0.5) is 0 Å². The molecule has 0 fully saturated rings. The highest BCUT2D eigenvalue weighted by Gasteiger charge is 2.11. The number of fused-ring (bicyclic) bond motifs is 1.